The highest BCUT2D eigenvalue weighted by atomic mass is 35.5. The number of para-hydroxylation sites is 1. The molecule has 2 aromatic rings. The third kappa shape index (κ3) is 1.85. The Labute approximate surface area is 90.9 Å². The van der Waals surface area contributed by atoms with Crippen LogP contribution in [0.15, 0.2) is 41.3 Å². The molecule has 0 aliphatic rings. The van der Waals surface area contributed by atoms with Crippen molar-refractivity contribution in [1.29, 1.82) is 0 Å². The van der Waals surface area contributed by atoms with E-state index in [1.165, 1.54) is 10.8 Å². The van der Waals surface area contributed by atoms with E-state index in [2.05, 4.69) is 4.98 Å². The summed E-state index contributed by atoms with van der Waals surface area (Å²) in [5.74, 6) is -0.105. The molecule has 1 heterocycles. The average molecular weight is 222 g/mol. The summed E-state index contributed by atoms with van der Waals surface area (Å²) in [6.45, 7) is 0. The molecule has 1 aromatic carbocycles. The van der Waals surface area contributed by atoms with Crippen molar-refractivity contribution in [2.75, 3.05) is 5.73 Å². The standard InChI is InChI=1S/C10H8ClN3O/c11-8-6-14(10(15)9(12)13-8)7-4-2-1-3-5-7/h1-6H,(H2,12,13). The quantitative estimate of drug-likeness (QED) is 0.793. The van der Waals surface area contributed by atoms with Crippen LogP contribution in [0, 0.1) is 0 Å². The van der Waals surface area contributed by atoms with Crippen LogP contribution in [0.3, 0.4) is 0 Å². The Kier molecular flexibility index (Phi) is 2.43. The number of nitrogen functional groups attached to an aromatic ring is 1. The van der Waals surface area contributed by atoms with Crippen LogP contribution in [-0.2, 0) is 0 Å². The fourth-order valence-electron chi connectivity index (χ4n) is 1.26. The molecule has 2 rings (SSSR count). The number of hydrogen-bond donors (Lipinski definition) is 1. The molecule has 0 amide bonds. The molecular weight excluding hydrogens is 214 g/mol. The van der Waals surface area contributed by atoms with Gasteiger partial charge in [-0.05, 0) is 12.1 Å². The largest absolute Gasteiger partial charge is 0.379 e. The molecule has 0 aliphatic carbocycles. The summed E-state index contributed by atoms with van der Waals surface area (Å²) in [6.07, 6.45) is 1.44. The van der Waals surface area contributed by atoms with Crippen LogP contribution in [0.4, 0.5) is 5.82 Å². The van der Waals surface area contributed by atoms with E-state index in [0.717, 1.165) is 0 Å². The molecule has 0 aliphatic heterocycles. The number of anilines is 1. The number of nitrogens with zero attached hydrogens (tertiary/aromatic N) is 2. The second-order valence-electron chi connectivity index (χ2n) is 2.96. The van der Waals surface area contributed by atoms with Crippen molar-refractivity contribution >= 4 is 17.4 Å². The lowest BCUT2D eigenvalue weighted by atomic mass is 10.3. The fraction of sp³-hybridized carbons (Fsp3) is 0. The lowest BCUT2D eigenvalue weighted by Gasteiger charge is -2.05. The van der Waals surface area contributed by atoms with E-state index in [9.17, 15) is 4.79 Å². The first-order chi connectivity index (χ1) is 7.18. The Morgan fingerprint density at radius 1 is 1.27 bits per heavy atom. The summed E-state index contributed by atoms with van der Waals surface area (Å²) < 4.78 is 1.37. The zero-order valence-corrected chi connectivity index (χ0v) is 8.48. The summed E-state index contributed by atoms with van der Waals surface area (Å²) in [5, 5.41) is 0.191. The number of aromatic nitrogens is 2. The molecular formula is C10H8ClN3O. The second kappa shape index (κ2) is 3.74. The Balaban J connectivity index is 2.69. The first-order valence-corrected chi connectivity index (χ1v) is 4.66. The molecule has 0 atom stereocenters. The minimum Gasteiger partial charge on any atom is -0.379 e. The van der Waals surface area contributed by atoms with E-state index in [0.29, 0.717) is 5.69 Å². The molecule has 15 heavy (non-hydrogen) atoms. The Morgan fingerprint density at radius 3 is 2.60 bits per heavy atom. The van der Waals surface area contributed by atoms with Crippen molar-refractivity contribution in [2.45, 2.75) is 0 Å². The van der Waals surface area contributed by atoms with Crippen molar-refractivity contribution in [2.24, 2.45) is 0 Å². The van der Waals surface area contributed by atoms with E-state index >= 15 is 0 Å². The molecule has 0 fully saturated rings. The first-order valence-electron chi connectivity index (χ1n) is 4.28. The molecule has 0 bridgehead atoms. The molecule has 0 spiro atoms. The zero-order valence-electron chi connectivity index (χ0n) is 7.72. The highest BCUT2D eigenvalue weighted by molar-refractivity contribution is 6.29. The third-order valence-electron chi connectivity index (χ3n) is 1.94. The van der Waals surface area contributed by atoms with Gasteiger partial charge in [-0.25, -0.2) is 4.98 Å². The van der Waals surface area contributed by atoms with Crippen molar-refractivity contribution < 1.29 is 0 Å². The SMILES string of the molecule is Nc1nc(Cl)cn(-c2ccccc2)c1=O. The predicted molar refractivity (Wildman–Crippen MR) is 59.3 cm³/mol. The van der Waals surface area contributed by atoms with Crippen LogP contribution < -0.4 is 11.3 Å². The van der Waals surface area contributed by atoms with Crippen LogP contribution >= 0.6 is 11.6 Å². The van der Waals surface area contributed by atoms with Crippen molar-refractivity contribution in [3.05, 3.63) is 52.0 Å². The zero-order chi connectivity index (χ0) is 10.8. The summed E-state index contributed by atoms with van der Waals surface area (Å²) in [4.78, 5) is 15.3. The van der Waals surface area contributed by atoms with Gasteiger partial charge in [0.15, 0.2) is 5.82 Å². The maximum atomic E-state index is 11.6. The van der Waals surface area contributed by atoms with Crippen LogP contribution in [0.5, 0.6) is 0 Å². The second-order valence-corrected chi connectivity index (χ2v) is 3.35. The highest BCUT2D eigenvalue weighted by Gasteiger charge is 2.05. The highest BCUT2D eigenvalue weighted by Crippen LogP contribution is 2.08. The van der Waals surface area contributed by atoms with Gasteiger partial charge in [0.05, 0.1) is 6.20 Å². The van der Waals surface area contributed by atoms with E-state index in [1.807, 2.05) is 18.2 Å². The van der Waals surface area contributed by atoms with Gasteiger partial charge in [0.1, 0.15) is 5.15 Å². The van der Waals surface area contributed by atoms with Crippen molar-refractivity contribution in [3.8, 4) is 5.69 Å². The maximum Gasteiger partial charge on any atom is 0.297 e. The molecule has 1 aromatic heterocycles. The van der Waals surface area contributed by atoms with Crippen LogP contribution in [0.1, 0.15) is 0 Å². The van der Waals surface area contributed by atoms with Crippen molar-refractivity contribution in [1.82, 2.24) is 9.55 Å². The Morgan fingerprint density at radius 2 is 1.93 bits per heavy atom. The number of rotatable bonds is 1. The van der Waals surface area contributed by atoms with Gasteiger partial charge in [-0.15, -0.1) is 0 Å². The van der Waals surface area contributed by atoms with E-state index in [4.69, 9.17) is 17.3 Å². The summed E-state index contributed by atoms with van der Waals surface area (Å²) >= 11 is 5.72. The number of benzene rings is 1. The molecule has 0 saturated heterocycles. The number of nitrogens with two attached hydrogens (primary N) is 1. The van der Waals surface area contributed by atoms with Gasteiger partial charge < -0.3 is 5.73 Å². The fourth-order valence-corrected chi connectivity index (χ4v) is 1.45. The molecule has 4 nitrogen and oxygen atoms in total. The summed E-state index contributed by atoms with van der Waals surface area (Å²) in [7, 11) is 0. The average Bonchev–Trinajstić information content (AvgIpc) is 2.24. The van der Waals surface area contributed by atoms with E-state index in [1.54, 1.807) is 12.1 Å². The minimum atomic E-state index is -0.370. The first kappa shape index (κ1) is 9.73. The molecule has 0 saturated carbocycles. The Hall–Kier alpha value is -1.81. The lowest BCUT2D eigenvalue weighted by Crippen LogP contribution is -2.22. The topological polar surface area (TPSA) is 60.9 Å². The lowest BCUT2D eigenvalue weighted by molar-refractivity contribution is 0.965. The van der Waals surface area contributed by atoms with Crippen LogP contribution in [-0.4, -0.2) is 9.55 Å². The summed E-state index contributed by atoms with van der Waals surface area (Å²) in [6, 6.07) is 9.09. The van der Waals surface area contributed by atoms with E-state index in [-0.39, 0.29) is 16.5 Å². The minimum absolute atomic E-state index is 0.105. The van der Waals surface area contributed by atoms with Gasteiger partial charge in [0, 0.05) is 5.69 Å². The van der Waals surface area contributed by atoms with Crippen LogP contribution in [0.2, 0.25) is 5.15 Å². The molecule has 5 heteroatoms. The monoisotopic (exact) mass is 221 g/mol. The number of hydrogen-bond acceptors (Lipinski definition) is 3. The third-order valence-corrected chi connectivity index (χ3v) is 2.12. The molecule has 2 N–H and O–H groups in total. The molecule has 76 valence electrons. The van der Waals surface area contributed by atoms with E-state index < -0.39 is 0 Å². The smallest absolute Gasteiger partial charge is 0.297 e. The molecule has 0 radical (unpaired) electrons. The van der Waals surface area contributed by atoms with Gasteiger partial charge in [-0.3, -0.25) is 9.36 Å². The predicted octanol–water partition coefficient (Wildman–Crippen LogP) is 1.47. The Bertz CT molecular complexity index is 536. The van der Waals surface area contributed by atoms with Crippen LogP contribution in [0.25, 0.3) is 5.69 Å². The van der Waals surface area contributed by atoms with Gasteiger partial charge in [-0.2, -0.15) is 0 Å². The normalized spacial score (nSPS) is 10.2. The molecule has 0 unspecified atom stereocenters. The number of halogens is 1. The summed E-state index contributed by atoms with van der Waals surface area (Å²) in [5.41, 5.74) is 5.77. The van der Waals surface area contributed by atoms with Gasteiger partial charge in [-0.1, -0.05) is 29.8 Å². The van der Waals surface area contributed by atoms with Gasteiger partial charge >= 0.3 is 0 Å². The van der Waals surface area contributed by atoms with Gasteiger partial charge in [0.2, 0.25) is 0 Å². The van der Waals surface area contributed by atoms with Gasteiger partial charge in [0.25, 0.3) is 5.56 Å². The van der Waals surface area contributed by atoms with Crippen molar-refractivity contribution in [3.63, 3.8) is 0 Å². The maximum absolute atomic E-state index is 11.6.